The third kappa shape index (κ3) is 5.55. The number of benzene rings is 5. The molecule has 0 saturated heterocycles. The Morgan fingerprint density at radius 1 is 0.816 bits per heavy atom. The highest BCUT2D eigenvalue weighted by atomic mass is 16.5. The molecule has 0 aliphatic carbocycles. The molecular weight excluding hydrogens is 476 g/mol. The highest BCUT2D eigenvalue weighted by molar-refractivity contribution is 6.04. The van der Waals surface area contributed by atoms with Crippen molar-refractivity contribution in [3.05, 3.63) is 120 Å². The second kappa shape index (κ2) is 11.0. The van der Waals surface area contributed by atoms with E-state index < -0.39 is 18.0 Å². The van der Waals surface area contributed by atoms with Gasteiger partial charge in [0.25, 0.3) is 5.91 Å². The SMILES string of the molecule is Cc1cccc(C(=O)Oc2ccc3ccccc3c2/C=N/NC(=O)C(C)Oc2ccc3ccccc3c2)c1. The molecule has 0 heterocycles. The van der Waals surface area contributed by atoms with Crippen LogP contribution in [0.1, 0.15) is 28.4 Å². The maximum absolute atomic E-state index is 12.8. The molecule has 0 fully saturated rings. The lowest BCUT2D eigenvalue weighted by Crippen LogP contribution is -2.33. The summed E-state index contributed by atoms with van der Waals surface area (Å²) in [5, 5.41) is 8.07. The van der Waals surface area contributed by atoms with Crippen molar-refractivity contribution in [3.63, 3.8) is 0 Å². The number of rotatable bonds is 7. The summed E-state index contributed by atoms with van der Waals surface area (Å²) in [7, 11) is 0. The highest BCUT2D eigenvalue weighted by Crippen LogP contribution is 2.28. The van der Waals surface area contributed by atoms with Crippen LogP contribution >= 0.6 is 0 Å². The number of esters is 1. The highest BCUT2D eigenvalue weighted by Gasteiger charge is 2.16. The van der Waals surface area contributed by atoms with Crippen molar-refractivity contribution < 1.29 is 19.1 Å². The molecule has 1 atom stereocenters. The van der Waals surface area contributed by atoms with E-state index in [1.165, 1.54) is 6.21 Å². The Hall–Kier alpha value is -4.97. The van der Waals surface area contributed by atoms with Crippen molar-refractivity contribution in [1.82, 2.24) is 5.43 Å². The van der Waals surface area contributed by atoms with Crippen LogP contribution in [0.3, 0.4) is 0 Å². The molecule has 5 aromatic rings. The molecule has 1 amide bonds. The number of hydrogen-bond acceptors (Lipinski definition) is 5. The van der Waals surface area contributed by atoms with Gasteiger partial charge in [-0.3, -0.25) is 4.79 Å². The average Bonchev–Trinajstić information content (AvgIpc) is 2.93. The fourth-order valence-corrected chi connectivity index (χ4v) is 4.18. The van der Waals surface area contributed by atoms with Crippen LogP contribution in [0.25, 0.3) is 21.5 Å². The zero-order valence-electron chi connectivity index (χ0n) is 21.0. The minimum absolute atomic E-state index is 0.341. The first-order valence-electron chi connectivity index (χ1n) is 12.3. The number of fused-ring (bicyclic) bond motifs is 2. The predicted octanol–water partition coefficient (Wildman–Crippen LogP) is 6.44. The van der Waals surface area contributed by atoms with E-state index in [1.807, 2.05) is 91.9 Å². The Labute approximate surface area is 220 Å². The molecule has 5 rings (SSSR count). The first-order valence-corrected chi connectivity index (χ1v) is 12.3. The Morgan fingerprint density at radius 2 is 1.55 bits per heavy atom. The van der Waals surface area contributed by atoms with Crippen LogP contribution < -0.4 is 14.9 Å². The summed E-state index contributed by atoms with van der Waals surface area (Å²) in [4.78, 5) is 25.5. The molecule has 5 aromatic carbocycles. The first-order chi connectivity index (χ1) is 18.5. The molecule has 0 radical (unpaired) electrons. The summed E-state index contributed by atoms with van der Waals surface area (Å²) >= 11 is 0. The van der Waals surface area contributed by atoms with Crippen LogP contribution in [-0.2, 0) is 4.79 Å². The monoisotopic (exact) mass is 502 g/mol. The van der Waals surface area contributed by atoms with E-state index in [4.69, 9.17) is 9.47 Å². The minimum atomic E-state index is -0.778. The van der Waals surface area contributed by atoms with Crippen LogP contribution in [0.5, 0.6) is 11.5 Å². The van der Waals surface area contributed by atoms with Gasteiger partial charge in [-0.2, -0.15) is 5.10 Å². The van der Waals surface area contributed by atoms with Crippen LogP contribution in [-0.4, -0.2) is 24.2 Å². The van der Waals surface area contributed by atoms with Crippen LogP contribution in [0.2, 0.25) is 0 Å². The topological polar surface area (TPSA) is 77.0 Å². The third-order valence-corrected chi connectivity index (χ3v) is 6.16. The van der Waals surface area contributed by atoms with Gasteiger partial charge >= 0.3 is 5.97 Å². The number of nitrogens with zero attached hydrogens (tertiary/aromatic N) is 1. The van der Waals surface area contributed by atoms with Gasteiger partial charge in [0.15, 0.2) is 6.10 Å². The molecule has 0 aliphatic heterocycles. The van der Waals surface area contributed by atoms with Gasteiger partial charge in [0.1, 0.15) is 11.5 Å². The molecule has 6 heteroatoms. The van der Waals surface area contributed by atoms with E-state index in [9.17, 15) is 9.59 Å². The Morgan fingerprint density at radius 3 is 2.37 bits per heavy atom. The number of ether oxygens (including phenoxy) is 2. The Bertz CT molecular complexity index is 1680. The molecule has 1 unspecified atom stereocenters. The summed E-state index contributed by atoms with van der Waals surface area (Å²) < 4.78 is 11.6. The van der Waals surface area contributed by atoms with Crippen molar-refractivity contribution in [1.29, 1.82) is 0 Å². The molecule has 0 saturated carbocycles. The Balaban J connectivity index is 1.33. The van der Waals surface area contributed by atoms with Crippen LogP contribution in [0.4, 0.5) is 0 Å². The predicted molar refractivity (Wildman–Crippen MR) is 150 cm³/mol. The number of carbonyl (C=O) groups is 2. The molecule has 1 N–H and O–H groups in total. The van der Waals surface area contributed by atoms with E-state index in [0.29, 0.717) is 22.6 Å². The molecule has 0 aromatic heterocycles. The average molecular weight is 503 g/mol. The summed E-state index contributed by atoms with van der Waals surface area (Å²) in [5.41, 5.74) is 4.53. The number of aryl methyl sites for hydroxylation is 1. The van der Waals surface area contributed by atoms with Crippen LogP contribution in [0, 0.1) is 6.92 Å². The maximum atomic E-state index is 12.8. The van der Waals surface area contributed by atoms with E-state index >= 15 is 0 Å². The van der Waals surface area contributed by atoms with Gasteiger partial charge in [0, 0.05) is 5.56 Å². The lowest BCUT2D eigenvalue weighted by Gasteiger charge is -2.14. The molecule has 0 bridgehead atoms. The summed E-state index contributed by atoms with van der Waals surface area (Å²) in [5.74, 6) is 0.0522. The van der Waals surface area contributed by atoms with Gasteiger partial charge in [-0.05, 0) is 65.7 Å². The van der Waals surface area contributed by atoms with Gasteiger partial charge in [-0.15, -0.1) is 0 Å². The summed E-state index contributed by atoms with van der Waals surface area (Å²) in [6, 6.07) is 32.1. The smallest absolute Gasteiger partial charge is 0.343 e. The standard InChI is InChI=1S/C32H26N2O4/c1-21-8-7-12-26(18-21)32(36)38-30-17-15-24-10-5-6-13-28(24)29(30)20-33-34-31(35)22(2)37-27-16-14-23-9-3-4-11-25(23)19-27/h3-20,22H,1-2H3,(H,34,35)/b33-20+. The lowest BCUT2D eigenvalue weighted by molar-refractivity contribution is -0.127. The second-order valence-corrected chi connectivity index (χ2v) is 8.96. The van der Waals surface area contributed by atoms with E-state index in [-0.39, 0.29) is 0 Å². The zero-order valence-corrected chi connectivity index (χ0v) is 21.0. The van der Waals surface area contributed by atoms with Crippen molar-refractivity contribution in [2.45, 2.75) is 20.0 Å². The minimum Gasteiger partial charge on any atom is -0.481 e. The zero-order chi connectivity index (χ0) is 26.5. The number of hydrogen-bond donors (Lipinski definition) is 1. The van der Waals surface area contributed by atoms with E-state index in [2.05, 4.69) is 10.5 Å². The maximum Gasteiger partial charge on any atom is 0.343 e. The van der Waals surface area contributed by atoms with Gasteiger partial charge in [-0.25, -0.2) is 10.2 Å². The lowest BCUT2D eigenvalue weighted by atomic mass is 10.0. The van der Waals surface area contributed by atoms with Crippen molar-refractivity contribution in [2.24, 2.45) is 5.10 Å². The quantitative estimate of drug-likeness (QED) is 0.120. The normalized spacial score (nSPS) is 11.9. The third-order valence-electron chi connectivity index (χ3n) is 6.16. The molecular formula is C32H26N2O4. The Kier molecular flexibility index (Phi) is 7.13. The summed E-state index contributed by atoms with van der Waals surface area (Å²) in [6.07, 6.45) is 0.710. The van der Waals surface area contributed by atoms with Crippen LogP contribution in [0.15, 0.2) is 108 Å². The number of carbonyl (C=O) groups excluding carboxylic acids is 2. The second-order valence-electron chi connectivity index (χ2n) is 8.96. The van der Waals surface area contributed by atoms with Gasteiger partial charge < -0.3 is 9.47 Å². The number of nitrogens with one attached hydrogen (secondary N) is 1. The molecule has 0 aliphatic rings. The molecule has 188 valence electrons. The fourth-order valence-electron chi connectivity index (χ4n) is 4.18. The van der Waals surface area contributed by atoms with Gasteiger partial charge in [-0.1, -0.05) is 78.4 Å². The van der Waals surface area contributed by atoms with Gasteiger partial charge in [0.2, 0.25) is 0 Å². The van der Waals surface area contributed by atoms with E-state index in [1.54, 1.807) is 25.1 Å². The first kappa shape index (κ1) is 24.7. The van der Waals surface area contributed by atoms with Crippen molar-refractivity contribution >= 4 is 39.6 Å². The van der Waals surface area contributed by atoms with Crippen molar-refractivity contribution in [3.8, 4) is 11.5 Å². The fraction of sp³-hybridized carbons (Fsp3) is 0.0938. The van der Waals surface area contributed by atoms with Crippen molar-refractivity contribution in [2.75, 3.05) is 0 Å². The largest absolute Gasteiger partial charge is 0.481 e. The molecule has 38 heavy (non-hydrogen) atoms. The summed E-state index contributed by atoms with van der Waals surface area (Å²) in [6.45, 7) is 3.57. The molecule has 0 spiro atoms. The number of hydrazone groups is 1. The van der Waals surface area contributed by atoms with Gasteiger partial charge in [0.05, 0.1) is 11.8 Å². The molecule has 6 nitrogen and oxygen atoms in total. The number of amides is 1. The van der Waals surface area contributed by atoms with E-state index in [0.717, 1.165) is 27.1 Å².